The Morgan fingerprint density at radius 3 is 2.45 bits per heavy atom. The third kappa shape index (κ3) is 3.79. The van der Waals surface area contributed by atoms with Gasteiger partial charge in [-0.25, -0.2) is 10.8 Å². The van der Waals surface area contributed by atoms with Crippen LogP contribution < -0.4 is 17.0 Å². The molecule has 0 saturated heterocycles. The van der Waals surface area contributed by atoms with Gasteiger partial charge in [0.2, 0.25) is 5.96 Å². The number of nitrogens with one attached hydrogen (secondary N) is 1. The molecule has 0 aliphatic heterocycles. The summed E-state index contributed by atoms with van der Waals surface area (Å²) in [4.78, 5) is 3.92. The van der Waals surface area contributed by atoms with Crippen molar-refractivity contribution in [2.75, 3.05) is 6.61 Å². The molecule has 1 unspecified atom stereocenters. The van der Waals surface area contributed by atoms with Crippen LogP contribution in [-0.2, 0) is 0 Å². The Morgan fingerprint density at radius 1 is 1.64 bits per heavy atom. The van der Waals surface area contributed by atoms with Crippen LogP contribution >= 0.6 is 0 Å². The molecule has 6 N–H and O–H groups in total. The average molecular weight is 160 g/mol. The van der Waals surface area contributed by atoms with Crippen LogP contribution in [0.4, 0.5) is 0 Å². The van der Waals surface area contributed by atoms with Gasteiger partial charge >= 0.3 is 0 Å². The van der Waals surface area contributed by atoms with Gasteiger partial charge in [0.25, 0.3) is 0 Å². The molecule has 0 aliphatic carbocycles. The molecular weight excluding hydrogens is 144 g/mol. The molecule has 5 heteroatoms. The number of hydrazine groups is 1. The molecule has 0 aromatic rings. The van der Waals surface area contributed by atoms with Crippen LogP contribution in [0.2, 0.25) is 0 Å². The lowest BCUT2D eigenvalue weighted by Crippen LogP contribution is -2.39. The van der Waals surface area contributed by atoms with Crippen LogP contribution in [0.1, 0.15) is 13.8 Å². The van der Waals surface area contributed by atoms with Gasteiger partial charge in [0, 0.05) is 0 Å². The maximum Gasteiger partial charge on any atom is 0.203 e. The smallest absolute Gasteiger partial charge is 0.203 e. The van der Waals surface area contributed by atoms with E-state index >= 15 is 0 Å². The molecule has 0 heterocycles. The second kappa shape index (κ2) is 4.92. The fourth-order valence-electron chi connectivity index (χ4n) is 0.617. The molecule has 11 heavy (non-hydrogen) atoms. The SMILES string of the molecule is CC(C)C(CO)N=C(N)NN. The summed E-state index contributed by atoms with van der Waals surface area (Å²) >= 11 is 0. The number of aliphatic hydroxyl groups is 1. The second-order valence-corrected chi connectivity index (χ2v) is 2.65. The first-order valence-corrected chi connectivity index (χ1v) is 3.52. The maximum absolute atomic E-state index is 8.81. The summed E-state index contributed by atoms with van der Waals surface area (Å²) in [5, 5.41) is 8.81. The third-order valence-electron chi connectivity index (χ3n) is 1.41. The van der Waals surface area contributed by atoms with E-state index in [4.69, 9.17) is 16.7 Å². The fraction of sp³-hybridized carbons (Fsp3) is 0.833. The molecule has 1 atom stereocenters. The molecule has 0 saturated carbocycles. The Balaban J connectivity index is 4.06. The highest BCUT2D eigenvalue weighted by atomic mass is 16.3. The van der Waals surface area contributed by atoms with Crippen molar-refractivity contribution >= 4 is 5.96 Å². The first-order valence-electron chi connectivity index (χ1n) is 3.52. The topological polar surface area (TPSA) is 96.7 Å². The maximum atomic E-state index is 8.81. The number of rotatable bonds is 3. The van der Waals surface area contributed by atoms with Crippen LogP contribution in [0.15, 0.2) is 4.99 Å². The summed E-state index contributed by atoms with van der Waals surface area (Å²) in [6.07, 6.45) is 0. The third-order valence-corrected chi connectivity index (χ3v) is 1.41. The number of nitrogens with two attached hydrogens (primary N) is 2. The van der Waals surface area contributed by atoms with Crippen molar-refractivity contribution in [3.8, 4) is 0 Å². The second-order valence-electron chi connectivity index (χ2n) is 2.65. The fourth-order valence-corrected chi connectivity index (χ4v) is 0.617. The predicted octanol–water partition coefficient (Wildman–Crippen LogP) is -1.22. The minimum absolute atomic E-state index is 0.0138. The van der Waals surface area contributed by atoms with Gasteiger partial charge in [-0.1, -0.05) is 13.8 Å². The Kier molecular flexibility index (Phi) is 4.56. The van der Waals surface area contributed by atoms with Gasteiger partial charge in [0.1, 0.15) is 0 Å². The first kappa shape index (κ1) is 10.2. The number of aliphatic imine (C=N–C) groups is 1. The lowest BCUT2D eigenvalue weighted by atomic mass is 10.1. The summed E-state index contributed by atoms with van der Waals surface area (Å²) in [5.41, 5.74) is 7.49. The molecule has 0 spiro atoms. The number of hydrogen-bond donors (Lipinski definition) is 4. The molecule has 5 nitrogen and oxygen atoms in total. The lowest BCUT2D eigenvalue weighted by molar-refractivity contribution is 0.239. The molecule has 0 fully saturated rings. The van der Waals surface area contributed by atoms with Crippen molar-refractivity contribution in [3.63, 3.8) is 0 Å². The van der Waals surface area contributed by atoms with E-state index in [2.05, 4.69) is 10.4 Å². The van der Waals surface area contributed by atoms with Gasteiger partial charge in [-0.05, 0) is 5.92 Å². The largest absolute Gasteiger partial charge is 0.394 e. The van der Waals surface area contributed by atoms with E-state index in [9.17, 15) is 0 Å². The Labute approximate surface area is 66.5 Å². The molecule has 0 radical (unpaired) electrons. The molecule has 0 aromatic carbocycles. The standard InChI is InChI=1S/C6H16N4O/c1-4(2)5(3-11)9-6(7)10-8/h4-5,11H,3,8H2,1-2H3,(H3,7,9,10). The molecule has 0 amide bonds. The first-order chi connectivity index (χ1) is 5.11. The lowest BCUT2D eigenvalue weighted by Gasteiger charge is -2.13. The van der Waals surface area contributed by atoms with E-state index < -0.39 is 0 Å². The van der Waals surface area contributed by atoms with Crippen molar-refractivity contribution < 1.29 is 5.11 Å². The predicted molar refractivity (Wildman–Crippen MR) is 44.7 cm³/mol. The number of hydrogen-bond acceptors (Lipinski definition) is 3. The summed E-state index contributed by atoms with van der Waals surface area (Å²) in [7, 11) is 0. The monoisotopic (exact) mass is 160 g/mol. The zero-order valence-electron chi connectivity index (χ0n) is 6.91. The van der Waals surface area contributed by atoms with E-state index in [1.54, 1.807) is 0 Å². The summed E-state index contributed by atoms with van der Waals surface area (Å²) < 4.78 is 0. The molecule has 0 rings (SSSR count). The van der Waals surface area contributed by atoms with Crippen molar-refractivity contribution in [2.24, 2.45) is 22.5 Å². The zero-order valence-corrected chi connectivity index (χ0v) is 6.91. The van der Waals surface area contributed by atoms with Crippen molar-refractivity contribution in [2.45, 2.75) is 19.9 Å². The van der Waals surface area contributed by atoms with Crippen molar-refractivity contribution in [1.29, 1.82) is 0 Å². The Hall–Kier alpha value is -0.810. The van der Waals surface area contributed by atoms with Crippen LogP contribution in [0, 0.1) is 5.92 Å². The zero-order chi connectivity index (χ0) is 8.85. The molecular formula is C6H16N4O. The van der Waals surface area contributed by atoms with Crippen LogP contribution in [0.5, 0.6) is 0 Å². The number of aliphatic hydroxyl groups excluding tert-OH is 1. The van der Waals surface area contributed by atoms with Crippen molar-refractivity contribution in [3.05, 3.63) is 0 Å². The molecule has 0 aliphatic rings. The van der Waals surface area contributed by atoms with Gasteiger partial charge in [-0.2, -0.15) is 0 Å². The normalized spacial score (nSPS) is 15.2. The van der Waals surface area contributed by atoms with Gasteiger partial charge in [-0.3, -0.25) is 5.43 Å². The van der Waals surface area contributed by atoms with Crippen LogP contribution in [-0.4, -0.2) is 23.7 Å². The van der Waals surface area contributed by atoms with E-state index in [-0.39, 0.29) is 24.5 Å². The summed E-state index contributed by atoms with van der Waals surface area (Å²) in [6, 6.07) is -0.175. The Morgan fingerprint density at radius 2 is 2.18 bits per heavy atom. The summed E-state index contributed by atoms with van der Waals surface area (Å²) in [5.74, 6) is 5.39. The van der Waals surface area contributed by atoms with Gasteiger partial charge in [-0.15, -0.1) is 0 Å². The van der Waals surface area contributed by atoms with E-state index in [1.165, 1.54) is 0 Å². The van der Waals surface area contributed by atoms with Gasteiger partial charge in [0.15, 0.2) is 0 Å². The average Bonchev–Trinajstić information content (AvgIpc) is 1.99. The van der Waals surface area contributed by atoms with Crippen LogP contribution in [0.25, 0.3) is 0 Å². The van der Waals surface area contributed by atoms with Crippen molar-refractivity contribution in [1.82, 2.24) is 5.43 Å². The number of nitrogens with zero attached hydrogens (tertiary/aromatic N) is 1. The van der Waals surface area contributed by atoms with E-state index in [0.29, 0.717) is 0 Å². The van der Waals surface area contributed by atoms with Crippen LogP contribution in [0.3, 0.4) is 0 Å². The highest BCUT2D eigenvalue weighted by Crippen LogP contribution is 2.04. The molecule has 0 bridgehead atoms. The molecule has 66 valence electrons. The number of guanidine groups is 1. The minimum atomic E-state index is -0.175. The van der Waals surface area contributed by atoms with Gasteiger partial charge in [0.05, 0.1) is 12.6 Å². The highest BCUT2D eigenvalue weighted by molar-refractivity contribution is 5.77. The summed E-state index contributed by atoms with van der Waals surface area (Å²) in [6.45, 7) is 3.89. The van der Waals surface area contributed by atoms with E-state index in [1.807, 2.05) is 13.8 Å². The quantitative estimate of drug-likeness (QED) is 0.180. The van der Waals surface area contributed by atoms with E-state index in [0.717, 1.165) is 0 Å². The van der Waals surface area contributed by atoms with Gasteiger partial charge < -0.3 is 10.8 Å². The highest BCUT2D eigenvalue weighted by Gasteiger charge is 2.10. The Bertz CT molecular complexity index is 135. The minimum Gasteiger partial charge on any atom is -0.394 e. The molecule has 0 aromatic heterocycles.